The number of esters is 1. The summed E-state index contributed by atoms with van der Waals surface area (Å²) in [5, 5.41) is 0. The van der Waals surface area contributed by atoms with Crippen molar-refractivity contribution in [1.29, 1.82) is 0 Å². The minimum atomic E-state index is -0.602. The fourth-order valence-electron chi connectivity index (χ4n) is 6.18. The van der Waals surface area contributed by atoms with Gasteiger partial charge in [-0.25, -0.2) is 4.79 Å². The molecule has 230 valence electrons. The van der Waals surface area contributed by atoms with Gasteiger partial charge in [0.2, 0.25) is 11.8 Å². The molecule has 0 saturated carbocycles. The molecule has 7 heteroatoms. The monoisotopic (exact) mass is 586 g/mol. The lowest BCUT2D eigenvalue weighted by atomic mass is 9.88. The minimum Gasteiger partial charge on any atom is -0.459 e. The number of ketones is 1. The standard InChI is InChI=1S/C36H46N2O5/c1-25(2)29(34(40)37-21-11-17-31(37)33(39)23-27-13-7-5-8-14-27)19-20-30(26(3)4)35(41)38-22-12-18-32(38)36(42)43-24-28-15-9-6-10-16-28/h5-10,13-16,19-20,25-26,29-32H,11-12,17-18,21-24H2,1-4H3/b20-19+/t29?,30?,31-,32-/m1/s1. The first-order valence-corrected chi connectivity index (χ1v) is 15.7. The van der Waals surface area contributed by atoms with Crippen LogP contribution in [0.2, 0.25) is 0 Å². The van der Waals surface area contributed by atoms with Gasteiger partial charge in [0.25, 0.3) is 0 Å². The van der Waals surface area contributed by atoms with Crippen LogP contribution in [-0.2, 0) is 36.9 Å². The van der Waals surface area contributed by atoms with Crippen molar-refractivity contribution in [3.8, 4) is 0 Å². The number of ether oxygens (including phenoxy) is 1. The Morgan fingerprint density at radius 1 is 0.721 bits per heavy atom. The first kappa shape index (κ1) is 32.2. The zero-order valence-electron chi connectivity index (χ0n) is 26.0. The molecule has 2 heterocycles. The Bertz CT molecular complexity index is 1270. The second-order valence-corrected chi connectivity index (χ2v) is 12.5. The molecule has 0 aromatic heterocycles. The van der Waals surface area contributed by atoms with Gasteiger partial charge < -0.3 is 14.5 Å². The maximum absolute atomic E-state index is 13.9. The molecule has 43 heavy (non-hydrogen) atoms. The summed E-state index contributed by atoms with van der Waals surface area (Å²) in [5.41, 5.74) is 1.86. The van der Waals surface area contributed by atoms with Crippen LogP contribution in [-0.4, -0.2) is 58.5 Å². The number of amides is 2. The smallest absolute Gasteiger partial charge is 0.329 e. The van der Waals surface area contributed by atoms with Gasteiger partial charge >= 0.3 is 5.97 Å². The SMILES string of the molecule is CC(C)C(/C=C/C(C(=O)N1CCC[C@@H]1C(=O)OCc1ccccc1)C(C)C)C(=O)N1CCC[C@@H]1C(=O)Cc1ccccc1. The summed E-state index contributed by atoms with van der Waals surface area (Å²) in [7, 11) is 0. The number of hydrogen-bond acceptors (Lipinski definition) is 5. The number of rotatable bonds is 12. The highest BCUT2D eigenvalue weighted by Crippen LogP contribution is 2.29. The molecule has 2 aliphatic rings. The van der Waals surface area contributed by atoms with E-state index in [1.807, 2.05) is 101 Å². The normalized spacial score (nSPS) is 20.1. The molecule has 2 unspecified atom stereocenters. The maximum Gasteiger partial charge on any atom is 0.329 e. The molecule has 0 radical (unpaired) electrons. The summed E-state index contributed by atoms with van der Waals surface area (Å²) in [4.78, 5) is 57.3. The fourth-order valence-corrected chi connectivity index (χ4v) is 6.18. The zero-order valence-corrected chi connectivity index (χ0v) is 26.0. The first-order chi connectivity index (χ1) is 20.7. The van der Waals surface area contributed by atoms with Crippen LogP contribution in [0.25, 0.3) is 0 Å². The van der Waals surface area contributed by atoms with Gasteiger partial charge in [0.05, 0.1) is 17.9 Å². The van der Waals surface area contributed by atoms with E-state index in [1.54, 1.807) is 9.80 Å². The van der Waals surface area contributed by atoms with Crippen molar-refractivity contribution >= 4 is 23.6 Å². The third kappa shape index (κ3) is 8.21. The predicted octanol–water partition coefficient (Wildman–Crippen LogP) is 5.62. The molecular weight excluding hydrogens is 540 g/mol. The molecule has 0 N–H and O–H groups in total. The number of Topliss-reactive ketones (excluding diaryl/α,β-unsaturated/α-hetero) is 1. The molecule has 2 fully saturated rings. The highest BCUT2D eigenvalue weighted by Gasteiger charge is 2.40. The predicted molar refractivity (Wildman–Crippen MR) is 167 cm³/mol. The van der Waals surface area contributed by atoms with Gasteiger partial charge in [-0.1, -0.05) is 101 Å². The van der Waals surface area contributed by atoms with Crippen molar-refractivity contribution in [3.05, 3.63) is 83.9 Å². The lowest BCUT2D eigenvalue weighted by Crippen LogP contribution is -2.45. The van der Waals surface area contributed by atoms with Crippen LogP contribution in [0.4, 0.5) is 0 Å². The highest BCUT2D eigenvalue weighted by molar-refractivity contribution is 5.92. The van der Waals surface area contributed by atoms with E-state index in [4.69, 9.17) is 4.74 Å². The summed E-state index contributed by atoms with van der Waals surface area (Å²) in [6.45, 7) is 9.20. The van der Waals surface area contributed by atoms with E-state index < -0.39 is 23.9 Å². The lowest BCUT2D eigenvalue weighted by molar-refractivity contribution is -0.155. The Morgan fingerprint density at radius 2 is 1.19 bits per heavy atom. The van der Waals surface area contributed by atoms with E-state index in [1.165, 1.54) is 0 Å². The quantitative estimate of drug-likeness (QED) is 0.238. The molecule has 7 nitrogen and oxygen atoms in total. The van der Waals surface area contributed by atoms with Crippen LogP contribution < -0.4 is 0 Å². The Labute approximate surface area is 256 Å². The largest absolute Gasteiger partial charge is 0.459 e. The Hall–Kier alpha value is -3.74. The Balaban J connectivity index is 1.43. The number of carbonyl (C=O) groups is 4. The van der Waals surface area contributed by atoms with Crippen molar-refractivity contribution in [2.24, 2.45) is 23.7 Å². The van der Waals surface area contributed by atoms with Gasteiger partial charge in [-0.2, -0.15) is 0 Å². The Morgan fingerprint density at radius 3 is 1.70 bits per heavy atom. The molecule has 2 aliphatic heterocycles. The van der Waals surface area contributed by atoms with Gasteiger partial charge in [-0.3, -0.25) is 14.4 Å². The summed E-state index contributed by atoms with van der Waals surface area (Å²) in [6.07, 6.45) is 6.83. The number of benzene rings is 2. The summed E-state index contributed by atoms with van der Waals surface area (Å²) < 4.78 is 5.59. The van der Waals surface area contributed by atoms with Gasteiger partial charge in [0, 0.05) is 19.5 Å². The zero-order chi connectivity index (χ0) is 30.9. The van der Waals surface area contributed by atoms with E-state index in [9.17, 15) is 19.2 Å². The number of likely N-dealkylation sites (tertiary alicyclic amines) is 2. The van der Waals surface area contributed by atoms with Crippen LogP contribution in [0.1, 0.15) is 64.5 Å². The summed E-state index contributed by atoms with van der Waals surface area (Å²) in [5.74, 6) is -1.46. The third-order valence-electron chi connectivity index (χ3n) is 8.69. The third-order valence-corrected chi connectivity index (χ3v) is 8.69. The van der Waals surface area contributed by atoms with Crippen molar-refractivity contribution in [3.63, 3.8) is 0 Å². The van der Waals surface area contributed by atoms with Crippen molar-refractivity contribution < 1.29 is 23.9 Å². The molecular formula is C36H46N2O5. The molecule has 2 aromatic rings. The van der Waals surface area contributed by atoms with Crippen LogP contribution in [0.15, 0.2) is 72.8 Å². The van der Waals surface area contributed by atoms with Gasteiger partial charge in [-0.15, -0.1) is 0 Å². The second kappa shape index (κ2) is 15.1. The van der Waals surface area contributed by atoms with Gasteiger partial charge in [-0.05, 0) is 48.6 Å². The average molecular weight is 587 g/mol. The van der Waals surface area contributed by atoms with Crippen LogP contribution in [0, 0.1) is 23.7 Å². The van der Waals surface area contributed by atoms with Crippen molar-refractivity contribution in [2.45, 2.75) is 78.5 Å². The second-order valence-electron chi connectivity index (χ2n) is 12.5. The molecule has 0 bridgehead atoms. The molecule has 2 saturated heterocycles. The van der Waals surface area contributed by atoms with Crippen LogP contribution >= 0.6 is 0 Å². The summed E-state index contributed by atoms with van der Waals surface area (Å²) >= 11 is 0. The number of nitrogens with zero attached hydrogens (tertiary/aromatic N) is 2. The molecule has 4 atom stereocenters. The fraction of sp³-hybridized carbons (Fsp3) is 0.500. The molecule has 0 spiro atoms. The highest BCUT2D eigenvalue weighted by atomic mass is 16.5. The van der Waals surface area contributed by atoms with Crippen molar-refractivity contribution in [1.82, 2.24) is 9.80 Å². The molecule has 2 amide bonds. The van der Waals surface area contributed by atoms with E-state index in [-0.39, 0.29) is 42.0 Å². The van der Waals surface area contributed by atoms with Crippen LogP contribution in [0.3, 0.4) is 0 Å². The van der Waals surface area contributed by atoms with E-state index in [2.05, 4.69) is 0 Å². The van der Waals surface area contributed by atoms with Crippen LogP contribution in [0.5, 0.6) is 0 Å². The molecule has 4 rings (SSSR count). The molecule has 0 aliphatic carbocycles. The van der Waals surface area contributed by atoms with E-state index in [0.29, 0.717) is 32.4 Å². The van der Waals surface area contributed by atoms with E-state index >= 15 is 0 Å². The average Bonchev–Trinajstić information content (AvgIpc) is 3.69. The lowest BCUT2D eigenvalue weighted by Gasteiger charge is -2.30. The maximum atomic E-state index is 13.9. The number of carbonyl (C=O) groups excluding carboxylic acids is 4. The first-order valence-electron chi connectivity index (χ1n) is 15.7. The Kier molecular flexibility index (Phi) is 11.3. The van der Waals surface area contributed by atoms with Crippen molar-refractivity contribution in [2.75, 3.05) is 13.1 Å². The van der Waals surface area contributed by atoms with Gasteiger partial charge in [0.1, 0.15) is 12.6 Å². The minimum absolute atomic E-state index is 0.00959. The molecule has 2 aromatic carbocycles. The topological polar surface area (TPSA) is 84.0 Å². The number of hydrogen-bond donors (Lipinski definition) is 0. The van der Waals surface area contributed by atoms with Gasteiger partial charge in [0.15, 0.2) is 5.78 Å². The van der Waals surface area contributed by atoms with E-state index in [0.717, 1.165) is 24.0 Å². The summed E-state index contributed by atoms with van der Waals surface area (Å²) in [6, 6.07) is 18.1.